The van der Waals surface area contributed by atoms with Gasteiger partial charge in [-0.1, -0.05) is 32.0 Å². The maximum absolute atomic E-state index is 9.53. The van der Waals surface area contributed by atoms with Crippen LogP contribution in [0.1, 0.15) is 32.4 Å². The first-order chi connectivity index (χ1) is 9.73. The standard InChI is InChI=1S/C16H22N2O2/c1-3-16(4-2,12-19)17-10-14-11-20-15(18-14)13-8-6-5-7-9-13/h5-9,11,17,19H,3-4,10,12H2,1-2H3. The number of aromatic nitrogens is 1. The van der Waals surface area contributed by atoms with Gasteiger partial charge in [0.1, 0.15) is 6.26 Å². The Hall–Kier alpha value is -1.65. The molecular weight excluding hydrogens is 252 g/mol. The molecule has 0 saturated carbocycles. The molecule has 2 rings (SSSR count). The van der Waals surface area contributed by atoms with Crippen LogP contribution in [0.3, 0.4) is 0 Å². The first-order valence-electron chi connectivity index (χ1n) is 7.08. The summed E-state index contributed by atoms with van der Waals surface area (Å²) in [6.45, 7) is 4.87. The van der Waals surface area contributed by atoms with E-state index in [0.717, 1.165) is 24.1 Å². The Labute approximate surface area is 119 Å². The number of hydrogen-bond acceptors (Lipinski definition) is 4. The molecule has 1 aromatic heterocycles. The number of nitrogens with one attached hydrogen (secondary N) is 1. The van der Waals surface area contributed by atoms with Crippen molar-refractivity contribution in [2.24, 2.45) is 0 Å². The normalized spacial score (nSPS) is 11.8. The number of aliphatic hydroxyl groups excluding tert-OH is 1. The molecule has 0 aliphatic rings. The summed E-state index contributed by atoms with van der Waals surface area (Å²) in [6.07, 6.45) is 3.43. The molecule has 0 unspecified atom stereocenters. The van der Waals surface area contributed by atoms with Crippen LogP contribution in [0, 0.1) is 0 Å². The Morgan fingerprint density at radius 3 is 2.50 bits per heavy atom. The van der Waals surface area contributed by atoms with Gasteiger partial charge in [0.05, 0.1) is 12.3 Å². The van der Waals surface area contributed by atoms with Gasteiger partial charge < -0.3 is 14.8 Å². The summed E-state index contributed by atoms with van der Waals surface area (Å²) in [5, 5.41) is 12.9. The zero-order chi connectivity index (χ0) is 14.4. The third-order valence-corrected chi connectivity index (χ3v) is 3.87. The highest BCUT2D eigenvalue weighted by Crippen LogP contribution is 2.19. The van der Waals surface area contributed by atoms with Crippen LogP contribution in [-0.4, -0.2) is 22.2 Å². The van der Waals surface area contributed by atoms with Gasteiger partial charge in [-0.3, -0.25) is 0 Å². The highest BCUT2D eigenvalue weighted by molar-refractivity contribution is 5.52. The largest absolute Gasteiger partial charge is 0.444 e. The molecule has 0 saturated heterocycles. The molecular formula is C16H22N2O2. The molecule has 2 aromatic rings. The second-order valence-electron chi connectivity index (χ2n) is 5.01. The van der Waals surface area contributed by atoms with Crippen molar-refractivity contribution < 1.29 is 9.52 Å². The van der Waals surface area contributed by atoms with Gasteiger partial charge in [-0.15, -0.1) is 0 Å². The summed E-state index contributed by atoms with van der Waals surface area (Å²) in [7, 11) is 0. The summed E-state index contributed by atoms with van der Waals surface area (Å²) in [6, 6.07) is 9.83. The average Bonchev–Trinajstić information content (AvgIpc) is 2.99. The predicted octanol–water partition coefficient (Wildman–Crippen LogP) is 2.98. The predicted molar refractivity (Wildman–Crippen MR) is 79.2 cm³/mol. The molecule has 0 amide bonds. The fourth-order valence-corrected chi connectivity index (χ4v) is 2.16. The zero-order valence-electron chi connectivity index (χ0n) is 12.1. The molecule has 0 spiro atoms. The van der Waals surface area contributed by atoms with E-state index in [1.807, 2.05) is 30.3 Å². The number of rotatable bonds is 7. The van der Waals surface area contributed by atoms with Crippen LogP contribution < -0.4 is 5.32 Å². The molecule has 108 valence electrons. The van der Waals surface area contributed by atoms with Gasteiger partial charge in [0, 0.05) is 17.6 Å². The molecule has 0 aliphatic heterocycles. The highest BCUT2D eigenvalue weighted by Gasteiger charge is 2.24. The highest BCUT2D eigenvalue weighted by atomic mass is 16.3. The SMILES string of the molecule is CCC(CC)(CO)NCc1coc(-c2ccccc2)n1. The number of hydrogen-bond donors (Lipinski definition) is 2. The molecule has 0 bridgehead atoms. The first kappa shape index (κ1) is 14.8. The third-order valence-electron chi connectivity index (χ3n) is 3.87. The van der Waals surface area contributed by atoms with Gasteiger partial charge in [-0.05, 0) is 25.0 Å². The molecule has 0 atom stereocenters. The van der Waals surface area contributed by atoms with E-state index >= 15 is 0 Å². The van der Waals surface area contributed by atoms with Crippen molar-refractivity contribution in [1.29, 1.82) is 0 Å². The van der Waals surface area contributed by atoms with Crippen molar-refractivity contribution in [1.82, 2.24) is 10.3 Å². The summed E-state index contributed by atoms with van der Waals surface area (Å²) in [5.41, 5.74) is 1.59. The van der Waals surface area contributed by atoms with Crippen molar-refractivity contribution >= 4 is 0 Å². The first-order valence-corrected chi connectivity index (χ1v) is 7.08. The lowest BCUT2D eigenvalue weighted by Crippen LogP contribution is -2.47. The monoisotopic (exact) mass is 274 g/mol. The summed E-state index contributed by atoms with van der Waals surface area (Å²) < 4.78 is 5.50. The van der Waals surface area contributed by atoms with Crippen LogP contribution in [-0.2, 0) is 6.54 Å². The second-order valence-corrected chi connectivity index (χ2v) is 5.01. The van der Waals surface area contributed by atoms with Crippen molar-refractivity contribution in [3.8, 4) is 11.5 Å². The maximum atomic E-state index is 9.53. The van der Waals surface area contributed by atoms with E-state index in [2.05, 4.69) is 24.1 Å². The van der Waals surface area contributed by atoms with Crippen molar-refractivity contribution in [2.45, 2.75) is 38.8 Å². The molecule has 0 fully saturated rings. The van der Waals surface area contributed by atoms with Crippen LogP contribution in [0.25, 0.3) is 11.5 Å². The summed E-state index contributed by atoms with van der Waals surface area (Å²) in [5.74, 6) is 0.630. The van der Waals surface area contributed by atoms with E-state index in [4.69, 9.17) is 4.42 Å². The van der Waals surface area contributed by atoms with Gasteiger partial charge in [0.25, 0.3) is 0 Å². The lowest BCUT2D eigenvalue weighted by atomic mass is 9.94. The van der Waals surface area contributed by atoms with Crippen LogP contribution in [0.5, 0.6) is 0 Å². The topological polar surface area (TPSA) is 58.3 Å². The lowest BCUT2D eigenvalue weighted by molar-refractivity contribution is 0.149. The molecule has 2 N–H and O–H groups in total. The minimum atomic E-state index is -0.230. The summed E-state index contributed by atoms with van der Waals surface area (Å²) in [4.78, 5) is 4.48. The zero-order valence-corrected chi connectivity index (χ0v) is 12.1. The molecule has 1 aromatic carbocycles. The number of benzene rings is 1. The van der Waals surface area contributed by atoms with Gasteiger partial charge in [0.15, 0.2) is 0 Å². The number of oxazole rings is 1. The Kier molecular flexibility index (Phi) is 4.93. The van der Waals surface area contributed by atoms with Gasteiger partial charge in [-0.25, -0.2) is 4.98 Å². The Morgan fingerprint density at radius 2 is 1.90 bits per heavy atom. The van der Waals surface area contributed by atoms with Gasteiger partial charge >= 0.3 is 0 Å². The van der Waals surface area contributed by atoms with Crippen LogP contribution in [0.15, 0.2) is 41.0 Å². The fraction of sp³-hybridized carbons (Fsp3) is 0.438. The minimum Gasteiger partial charge on any atom is -0.444 e. The van der Waals surface area contributed by atoms with E-state index in [1.54, 1.807) is 6.26 Å². The van der Waals surface area contributed by atoms with Crippen LogP contribution in [0.2, 0.25) is 0 Å². The smallest absolute Gasteiger partial charge is 0.226 e. The van der Waals surface area contributed by atoms with E-state index in [1.165, 1.54) is 0 Å². The average molecular weight is 274 g/mol. The van der Waals surface area contributed by atoms with Crippen LogP contribution in [0.4, 0.5) is 0 Å². The van der Waals surface area contributed by atoms with E-state index in [0.29, 0.717) is 12.4 Å². The van der Waals surface area contributed by atoms with Crippen molar-refractivity contribution in [2.75, 3.05) is 6.61 Å². The fourth-order valence-electron chi connectivity index (χ4n) is 2.16. The Bertz CT molecular complexity index is 510. The lowest BCUT2D eigenvalue weighted by Gasteiger charge is -2.30. The van der Waals surface area contributed by atoms with Crippen molar-refractivity contribution in [3.05, 3.63) is 42.3 Å². The molecule has 0 aliphatic carbocycles. The molecule has 4 nitrogen and oxygen atoms in total. The van der Waals surface area contributed by atoms with E-state index in [9.17, 15) is 5.11 Å². The van der Waals surface area contributed by atoms with Gasteiger partial charge in [0.2, 0.25) is 5.89 Å². The van der Waals surface area contributed by atoms with E-state index < -0.39 is 0 Å². The number of nitrogens with zero attached hydrogens (tertiary/aromatic N) is 1. The van der Waals surface area contributed by atoms with E-state index in [-0.39, 0.29) is 12.1 Å². The molecule has 4 heteroatoms. The summed E-state index contributed by atoms with van der Waals surface area (Å²) >= 11 is 0. The maximum Gasteiger partial charge on any atom is 0.226 e. The minimum absolute atomic E-state index is 0.128. The third kappa shape index (κ3) is 3.26. The number of aliphatic hydroxyl groups is 1. The van der Waals surface area contributed by atoms with Crippen molar-refractivity contribution in [3.63, 3.8) is 0 Å². The molecule has 20 heavy (non-hydrogen) atoms. The molecule has 1 heterocycles. The quantitative estimate of drug-likeness (QED) is 0.815. The van der Waals surface area contributed by atoms with Crippen LogP contribution >= 0.6 is 0 Å². The second kappa shape index (κ2) is 6.68. The Balaban J connectivity index is 2.03. The Morgan fingerprint density at radius 1 is 1.20 bits per heavy atom. The van der Waals surface area contributed by atoms with Gasteiger partial charge in [-0.2, -0.15) is 0 Å². The molecule has 0 radical (unpaired) electrons.